The Morgan fingerprint density at radius 3 is 2.41 bits per heavy atom. The van der Waals surface area contributed by atoms with Crippen LogP contribution in [0.15, 0.2) is 36.7 Å². The SMILES string of the molecule is Cc1ccc(C)c(-c2cnc(N)c(-c3cnn(C)c3C)c2)c1. The summed E-state index contributed by atoms with van der Waals surface area (Å²) in [6.07, 6.45) is 3.68. The van der Waals surface area contributed by atoms with Gasteiger partial charge in [-0.15, -0.1) is 0 Å². The number of aryl methyl sites for hydroxylation is 3. The lowest BCUT2D eigenvalue weighted by molar-refractivity contribution is 0.740. The van der Waals surface area contributed by atoms with E-state index in [4.69, 9.17) is 5.73 Å². The van der Waals surface area contributed by atoms with Gasteiger partial charge in [0.15, 0.2) is 0 Å². The van der Waals surface area contributed by atoms with E-state index in [0.29, 0.717) is 5.82 Å². The molecule has 2 N–H and O–H groups in total. The molecule has 0 atom stereocenters. The number of hydrogen-bond acceptors (Lipinski definition) is 3. The number of anilines is 1. The first-order valence-corrected chi connectivity index (χ1v) is 7.29. The van der Waals surface area contributed by atoms with Gasteiger partial charge in [0.1, 0.15) is 5.82 Å². The average molecular weight is 292 g/mol. The Balaban J connectivity index is 2.19. The minimum Gasteiger partial charge on any atom is -0.383 e. The van der Waals surface area contributed by atoms with Crippen molar-refractivity contribution in [3.05, 3.63) is 53.5 Å². The van der Waals surface area contributed by atoms with Gasteiger partial charge in [-0.25, -0.2) is 4.98 Å². The smallest absolute Gasteiger partial charge is 0.131 e. The fraction of sp³-hybridized carbons (Fsp3) is 0.222. The van der Waals surface area contributed by atoms with Gasteiger partial charge in [-0.2, -0.15) is 5.10 Å². The maximum Gasteiger partial charge on any atom is 0.131 e. The molecule has 0 fully saturated rings. The van der Waals surface area contributed by atoms with E-state index in [1.165, 1.54) is 16.7 Å². The standard InChI is InChI=1S/C18H20N4/c1-11-5-6-12(2)15(7-11)14-8-16(18(19)20-9-14)17-10-21-22(4)13(17)3/h5-10H,1-4H3,(H2,19,20). The molecule has 0 spiro atoms. The second-order valence-corrected chi connectivity index (χ2v) is 5.74. The molecule has 0 bridgehead atoms. The molecule has 0 aliphatic heterocycles. The van der Waals surface area contributed by atoms with E-state index in [0.717, 1.165) is 22.4 Å². The Kier molecular flexibility index (Phi) is 3.45. The molecule has 4 heteroatoms. The quantitative estimate of drug-likeness (QED) is 0.784. The Morgan fingerprint density at radius 1 is 0.955 bits per heavy atom. The second kappa shape index (κ2) is 5.30. The fourth-order valence-electron chi connectivity index (χ4n) is 2.65. The summed E-state index contributed by atoms with van der Waals surface area (Å²) in [5.41, 5.74) is 13.9. The molecule has 2 heterocycles. The number of nitrogen functional groups attached to an aromatic ring is 1. The van der Waals surface area contributed by atoms with Crippen molar-refractivity contribution in [3.63, 3.8) is 0 Å². The first kappa shape index (κ1) is 14.3. The van der Waals surface area contributed by atoms with E-state index in [1.54, 1.807) is 0 Å². The number of aromatic nitrogens is 3. The van der Waals surface area contributed by atoms with Crippen molar-refractivity contribution in [3.8, 4) is 22.3 Å². The summed E-state index contributed by atoms with van der Waals surface area (Å²) in [4.78, 5) is 4.39. The lowest BCUT2D eigenvalue weighted by Crippen LogP contribution is -1.97. The maximum atomic E-state index is 6.10. The normalized spacial score (nSPS) is 10.9. The van der Waals surface area contributed by atoms with Crippen LogP contribution in [0, 0.1) is 20.8 Å². The third-order valence-corrected chi connectivity index (χ3v) is 4.15. The molecule has 0 saturated heterocycles. The number of benzene rings is 1. The van der Waals surface area contributed by atoms with Crippen LogP contribution in [0.3, 0.4) is 0 Å². The van der Waals surface area contributed by atoms with E-state index >= 15 is 0 Å². The molecule has 3 aromatic rings. The topological polar surface area (TPSA) is 56.7 Å². The maximum absolute atomic E-state index is 6.10. The summed E-state index contributed by atoms with van der Waals surface area (Å²) in [6.45, 7) is 6.24. The highest BCUT2D eigenvalue weighted by atomic mass is 15.3. The second-order valence-electron chi connectivity index (χ2n) is 5.74. The van der Waals surface area contributed by atoms with Gasteiger partial charge in [0.25, 0.3) is 0 Å². The summed E-state index contributed by atoms with van der Waals surface area (Å²) >= 11 is 0. The van der Waals surface area contributed by atoms with Gasteiger partial charge in [-0.1, -0.05) is 23.8 Å². The van der Waals surface area contributed by atoms with Crippen LogP contribution >= 0.6 is 0 Å². The van der Waals surface area contributed by atoms with Gasteiger partial charge in [0.2, 0.25) is 0 Å². The number of pyridine rings is 1. The lowest BCUT2D eigenvalue weighted by Gasteiger charge is -2.11. The van der Waals surface area contributed by atoms with Crippen molar-refractivity contribution < 1.29 is 0 Å². The van der Waals surface area contributed by atoms with Crippen molar-refractivity contribution in [1.29, 1.82) is 0 Å². The van der Waals surface area contributed by atoms with Gasteiger partial charge in [-0.3, -0.25) is 4.68 Å². The molecule has 0 saturated carbocycles. The Bertz CT molecular complexity index is 846. The first-order valence-electron chi connectivity index (χ1n) is 7.29. The molecule has 0 amide bonds. The summed E-state index contributed by atoms with van der Waals surface area (Å²) in [6, 6.07) is 8.54. The average Bonchev–Trinajstić information content (AvgIpc) is 2.82. The minimum absolute atomic E-state index is 0.533. The van der Waals surface area contributed by atoms with E-state index in [2.05, 4.69) is 48.2 Å². The highest BCUT2D eigenvalue weighted by Crippen LogP contribution is 2.32. The Morgan fingerprint density at radius 2 is 1.73 bits per heavy atom. The molecule has 0 aliphatic carbocycles. The summed E-state index contributed by atoms with van der Waals surface area (Å²) < 4.78 is 1.85. The van der Waals surface area contributed by atoms with Gasteiger partial charge in [0, 0.05) is 35.6 Å². The first-order chi connectivity index (χ1) is 10.5. The van der Waals surface area contributed by atoms with Crippen LogP contribution in [-0.4, -0.2) is 14.8 Å². The number of nitrogens with two attached hydrogens (primary N) is 1. The van der Waals surface area contributed by atoms with Crippen molar-refractivity contribution in [1.82, 2.24) is 14.8 Å². The molecule has 0 radical (unpaired) electrons. The molecule has 3 rings (SSSR count). The minimum atomic E-state index is 0.533. The van der Waals surface area contributed by atoms with Gasteiger partial charge in [-0.05, 0) is 38.0 Å². The lowest BCUT2D eigenvalue weighted by atomic mass is 9.97. The van der Waals surface area contributed by atoms with Crippen LogP contribution in [0.5, 0.6) is 0 Å². The molecule has 4 nitrogen and oxygen atoms in total. The van der Waals surface area contributed by atoms with Crippen molar-refractivity contribution in [2.75, 3.05) is 5.73 Å². The molecular weight excluding hydrogens is 272 g/mol. The van der Waals surface area contributed by atoms with E-state index < -0.39 is 0 Å². The fourth-order valence-corrected chi connectivity index (χ4v) is 2.65. The van der Waals surface area contributed by atoms with Crippen LogP contribution < -0.4 is 5.73 Å². The molecular formula is C18H20N4. The van der Waals surface area contributed by atoms with Crippen LogP contribution in [-0.2, 0) is 7.05 Å². The van der Waals surface area contributed by atoms with E-state index in [9.17, 15) is 0 Å². The van der Waals surface area contributed by atoms with Gasteiger partial charge < -0.3 is 5.73 Å². The van der Waals surface area contributed by atoms with Crippen LogP contribution in [0.2, 0.25) is 0 Å². The zero-order chi connectivity index (χ0) is 15.9. The van der Waals surface area contributed by atoms with E-state index in [-0.39, 0.29) is 0 Å². The molecule has 112 valence electrons. The van der Waals surface area contributed by atoms with Crippen molar-refractivity contribution in [2.45, 2.75) is 20.8 Å². The van der Waals surface area contributed by atoms with Gasteiger partial charge >= 0.3 is 0 Å². The highest BCUT2D eigenvalue weighted by molar-refractivity contribution is 5.81. The van der Waals surface area contributed by atoms with Crippen molar-refractivity contribution >= 4 is 5.82 Å². The monoisotopic (exact) mass is 292 g/mol. The zero-order valence-electron chi connectivity index (χ0n) is 13.4. The molecule has 2 aromatic heterocycles. The van der Waals surface area contributed by atoms with Crippen LogP contribution in [0.4, 0.5) is 5.82 Å². The third-order valence-electron chi connectivity index (χ3n) is 4.15. The predicted molar refractivity (Wildman–Crippen MR) is 90.5 cm³/mol. The van der Waals surface area contributed by atoms with Crippen LogP contribution in [0.1, 0.15) is 16.8 Å². The molecule has 1 aromatic carbocycles. The number of hydrogen-bond donors (Lipinski definition) is 1. The molecule has 0 aliphatic rings. The van der Waals surface area contributed by atoms with Crippen LogP contribution in [0.25, 0.3) is 22.3 Å². The number of nitrogens with zero attached hydrogens (tertiary/aromatic N) is 3. The number of rotatable bonds is 2. The van der Waals surface area contributed by atoms with Crippen molar-refractivity contribution in [2.24, 2.45) is 7.05 Å². The van der Waals surface area contributed by atoms with Gasteiger partial charge in [0.05, 0.1) is 6.20 Å². The summed E-state index contributed by atoms with van der Waals surface area (Å²) in [7, 11) is 1.93. The Hall–Kier alpha value is -2.62. The molecule has 22 heavy (non-hydrogen) atoms. The predicted octanol–water partition coefficient (Wildman–Crippen LogP) is 3.66. The summed E-state index contributed by atoms with van der Waals surface area (Å²) in [5, 5.41) is 4.30. The summed E-state index contributed by atoms with van der Waals surface area (Å²) in [5.74, 6) is 0.533. The largest absolute Gasteiger partial charge is 0.383 e. The molecule has 0 unspecified atom stereocenters. The third kappa shape index (κ3) is 2.37. The van der Waals surface area contributed by atoms with E-state index in [1.807, 2.05) is 31.0 Å². The zero-order valence-corrected chi connectivity index (χ0v) is 13.4. The Labute approximate surface area is 130 Å². The highest BCUT2D eigenvalue weighted by Gasteiger charge is 2.13.